The molecule has 4 aromatic rings. The van der Waals surface area contributed by atoms with Gasteiger partial charge in [0, 0.05) is 16.7 Å². The van der Waals surface area contributed by atoms with E-state index in [1.54, 1.807) is 61.0 Å². The van der Waals surface area contributed by atoms with E-state index in [9.17, 15) is 19.3 Å². The van der Waals surface area contributed by atoms with Gasteiger partial charge in [0.2, 0.25) is 0 Å². The normalized spacial score (nSPS) is 10.8. The summed E-state index contributed by atoms with van der Waals surface area (Å²) in [6, 6.07) is 15.8. The highest BCUT2D eigenvalue weighted by atomic mass is 35.5. The lowest BCUT2D eigenvalue weighted by atomic mass is 10.1. The quantitative estimate of drug-likeness (QED) is 0.213. The fourth-order valence-electron chi connectivity index (χ4n) is 3.88. The van der Waals surface area contributed by atoms with Crippen LogP contribution in [0.1, 0.15) is 38.4 Å². The minimum absolute atomic E-state index is 0.0550. The van der Waals surface area contributed by atoms with E-state index in [1.807, 2.05) is 6.92 Å². The first-order valence-electron chi connectivity index (χ1n) is 11.4. The summed E-state index contributed by atoms with van der Waals surface area (Å²) in [4.78, 5) is 23.9. The van der Waals surface area contributed by atoms with Gasteiger partial charge in [0.15, 0.2) is 5.75 Å². The molecule has 10 heteroatoms. The number of nitro benzene ring substituents is 1. The lowest BCUT2D eigenvalue weighted by Gasteiger charge is -2.10. The second-order valence-corrected chi connectivity index (χ2v) is 9.02. The van der Waals surface area contributed by atoms with Crippen LogP contribution >= 0.6 is 11.6 Å². The van der Waals surface area contributed by atoms with Crippen LogP contribution in [0.4, 0.5) is 15.8 Å². The van der Waals surface area contributed by atoms with Gasteiger partial charge in [0.1, 0.15) is 12.4 Å². The van der Waals surface area contributed by atoms with Gasteiger partial charge in [-0.15, -0.1) is 0 Å². The van der Waals surface area contributed by atoms with Gasteiger partial charge in [-0.2, -0.15) is 5.10 Å². The Morgan fingerprint density at radius 3 is 2.65 bits per heavy atom. The van der Waals surface area contributed by atoms with E-state index in [-0.39, 0.29) is 24.0 Å². The summed E-state index contributed by atoms with van der Waals surface area (Å²) in [5, 5.41) is 19.0. The first kappa shape index (κ1) is 25.8. The Kier molecular flexibility index (Phi) is 7.54. The van der Waals surface area contributed by atoms with Crippen molar-refractivity contribution in [2.24, 2.45) is 0 Å². The highest BCUT2D eigenvalue weighted by molar-refractivity contribution is 6.31. The number of aromatic nitrogens is 2. The monoisotopic (exact) mass is 522 g/mol. The summed E-state index contributed by atoms with van der Waals surface area (Å²) in [5.74, 6) is -0.598. The standard InChI is InChI=1S/C27H24ClFN4O4/c1-16-7-10-25(24(11-16)33(35)36)37-15-19-5-4-6-20(12-19)27(34)30-26-17(2)31-32(18(26)3)14-21-8-9-22(29)13-23(21)28/h4-13H,14-15H2,1-3H3,(H,30,34). The number of hydrogen-bond acceptors (Lipinski definition) is 5. The third-order valence-electron chi connectivity index (χ3n) is 5.85. The Morgan fingerprint density at radius 1 is 1.14 bits per heavy atom. The van der Waals surface area contributed by atoms with Crippen LogP contribution in [0.15, 0.2) is 60.7 Å². The minimum atomic E-state index is -0.485. The Bertz CT molecular complexity index is 1500. The van der Waals surface area contributed by atoms with Crippen molar-refractivity contribution in [3.8, 4) is 5.75 Å². The highest BCUT2D eigenvalue weighted by Gasteiger charge is 2.18. The van der Waals surface area contributed by atoms with Crippen LogP contribution in [0.2, 0.25) is 5.02 Å². The number of ether oxygens (including phenoxy) is 1. The van der Waals surface area contributed by atoms with Gasteiger partial charge in [-0.25, -0.2) is 4.39 Å². The molecule has 1 aromatic heterocycles. The van der Waals surface area contributed by atoms with Crippen LogP contribution in [-0.2, 0) is 13.2 Å². The van der Waals surface area contributed by atoms with E-state index in [1.165, 1.54) is 18.2 Å². The maximum absolute atomic E-state index is 13.4. The van der Waals surface area contributed by atoms with Crippen LogP contribution in [0.25, 0.3) is 0 Å². The van der Waals surface area contributed by atoms with Crippen LogP contribution in [-0.4, -0.2) is 20.6 Å². The van der Waals surface area contributed by atoms with Crippen molar-refractivity contribution in [2.45, 2.75) is 33.9 Å². The van der Waals surface area contributed by atoms with Crippen molar-refractivity contribution in [3.63, 3.8) is 0 Å². The van der Waals surface area contributed by atoms with Crippen molar-refractivity contribution in [1.82, 2.24) is 9.78 Å². The third-order valence-corrected chi connectivity index (χ3v) is 6.20. The van der Waals surface area contributed by atoms with Crippen LogP contribution in [0.3, 0.4) is 0 Å². The molecule has 8 nitrogen and oxygen atoms in total. The number of carbonyl (C=O) groups is 1. The molecule has 1 amide bonds. The van der Waals surface area contributed by atoms with Gasteiger partial charge >= 0.3 is 5.69 Å². The summed E-state index contributed by atoms with van der Waals surface area (Å²) in [6.07, 6.45) is 0. The molecule has 0 unspecified atom stereocenters. The molecule has 0 radical (unpaired) electrons. The Hall–Kier alpha value is -4.24. The van der Waals surface area contributed by atoms with Crippen LogP contribution < -0.4 is 10.1 Å². The number of nitrogens with zero attached hydrogens (tertiary/aromatic N) is 3. The maximum atomic E-state index is 13.4. The van der Waals surface area contributed by atoms with Crippen molar-refractivity contribution in [2.75, 3.05) is 5.32 Å². The van der Waals surface area contributed by atoms with Crippen molar-refractivity contribution in [1.29, 1.82) is 0 Å². The molecule has 0 atom stereocenters. The van der Waals surface area contributed by atoms with E-state index < -0.39 is 10.7 Å². The summed E-state index contributed by atoms with van der Waals surface area (Å²) >= 11 is 6.16. The topological polar surface area (TPSA) is 99.3 Å². The fraction of sp³-hybridized carbons (Fsp3) is 0.185. The molecular weight excluding hydrogens is 499 g/mol. The maximum Gasteiger partial charge on any atom is 0.311 e. The van der Waals surface area contributed by atoms with E-state index >= 15 is 0 Å². The highest BCUT2D eigenvalue weighted by Crippen LogP contribution is 2.29. The molecule has 3 aromatic carbocycles. The summed E-state index contributed by atoms with van der Waals surface area (Å²) in [7, 11) is 0. The molecular formula is C27H24ClFN4O4. The number of nitrogens with one attached hydrogen (secondary N) is 1. The first-order valence-corrected chi connectivity index (χ1v) is 11.8. The number of nitro groups is 1. The predicted molar refractivity (Wildman–Crippen MR) is 139 cm³/mol. The SMILES string of the molecule is Cc1ccc(OCc2cccc(C(=O)Nc3c(C)nn(Cc4ccc(F)cc4Cl)c3C)c2)c([N+](=O)[O-])c1. The van der Waals surface area contributed by atoms with Gasteiger partial charge in [0.05, 0.1) is 28.5 Å². The molecule has 0 saturated carbocycles. The van der Waals surface area contributed by atoms with Crippen molar-refractivity contribution < 1.29 is 18.8 Å². The molecule has 0 spiro atoms. The number of aryl methyl sites for hydroxylation is 2. The molecule has 0 fully saturated rings. The molecule has 0 aliphatic heterocycles. The third kappa shape index (κ3) is 5.95. The summed E-state index contributed by atoms with van der Waals surface area (Å²) in [6.45, 7) is 5.75. The number of anilines is 1. The molecule has 1 N–H and O–H groups in total. The molecule has 0 saturated heterocycles. The number of hydrogen-bond donors (Lipinski definition) is 1. The number of carbonyl (C=O) groups excluding carboxylic acids is 1. The van der Waals surface area contributed by atoms with E-state index in [2.05, 4.69) is 10.4 Å². The van der Waals surface area contributed by atoms with Crippen molar-refractivity contribution in [3.05, 3.63) is 115 Å². The summed E-state index contributed by atoms with van der Waals surface area (Å²) < 4.78 is 20.8. The lowest BCUT2D eigenvalue weighted by Crippen LogP contribution is -2.14. The number of rotatable bonds is 8. The fourth-order valence-corrected chi connectivity index (χ4v) is 4.11. The summed E-state index contributed by atoms with van der Waals surface area (Å²) in [5.41, 5.74) is 4.33. The average molecular weight is 523 g/mol. The van der Waals surface area contributed by atoms with Gasteiger partial charge < -0.3 is 10.1 Å². The molecule has 0 bridgehead atoms. The number of amides is 1. The zero-order valence-corrected chi connectivity index (χ0v) is 21.2. The molecule has 4 rings (SSSR count). The first-order chi connectivity index (χ1) is 17.6. The van der Waals surface area contributed by atoms with Crippen LogP contribution in [0.5, 0.6) is 5.75 Å². The minimum Gasteiger partial charge on any atom is -0.482 e. The van der Waals surface area contributed by atoms with E-state index in [0.717, 1.165) is 11.3 Å². The lowest BCUT2D eigenvalue weighted by molar-refractivity contribution is -0.386. The van der Waals surface area contributed by atoms with E-state index in [4.69, 9.17) is 16.3 Å². The predicted octanol–water partition coefficient (Wildman–Crippen LogP) is 6.39. The Labute approximate surface area is 217 Å². The largest absolute Gasteiger partial charge is 0.482 e. The molecule has 1 heterocycles. The second-order valence-electron chi connectivity index (χ2n) is 8.61. The zero-order chi connectivity index (χ0) is 26.7. The van der Waals surface area contributed by atoms with Gasteiger partial charge in [-0.1, -0.05) is 35.9 Å². The zero-order valence-electron chi connectivity index (χ0n) is 20.4. The molecule has 0 aliphatic rings. The Balaban J connectivity index is 1.48. The molecule has 37 heavy (non-hydrogen) atoms. The van der Waals surface area contributed by atoms with Crippen LogP contribution in [0, 0.1) is 36.7 Å². The molecule has 190 valence electrons. The second kappa shape index (κ2) is 10.8. The average Bonchev–Trinajstić information content (AvgIpc) is 3.12. The van der Waals surface area contributed by atoms with Gasteiger partial charge in [-0.05, 0) is 67.8 Å². The van der Waals surface area contributed by atoms with Gasteiger partial charge in [-0.3, -0.25) is 19.6 Å². The Morgan fingerprint density at radius 2 is 1.92 bits per heavy atom. The molecule has 0 aliphatic carbocycles. The number of benzene rings is 3. The van der Waals surface area contributed by atoms with E-state index in [0.29, 0.717) is 39.6 Å². The smallest absolute Gasteiger partial charge is 0.311 e. The van der Waals surface area contributed by atoms with Crippen molar-refractivity contribution >= 4 is 28.9 Å². The van der Waals surface area contributed by atoms with Gasteiger partial charge in [0.25, 0.3) is 5.91 Å². The number of halogens is 2.